The minimum absolute atomic E-state index is 0.264. The fraction of sp³-hybridized carbons (Fsp3) is 0.875. The molecule has 3 N–H and O–H groups in total. The Labute approximate surface area is 196 Å². The Balaban J connectivity index is 2.09. The Hall–Kier alpha value is -1.97. The second kappa shape index (κ2) is 9.97. The second-order valence-corrected chi connectivity index (χ2v) is 7.78. The minimum atomic E-state index is -7.97. The molecule has 0 radical (unpaired) electrons. The quantitative estimate of drug-likeness (QED) is 0.367. The largest absolute Gasteiger partial charge is 0.460 e. The number of ether oxygens (including phenoxy) is 2. The molecule has 1 aromatic rings. The number of hydrogen-bond donors (Lipinski definition) is 3. The molecule has 0 spiro atoms. The maximum Gasteiger partial charge on any atom is 0.460 e. The first-order valence-corrected chi connectivity index (χ1v) is 9.63. The predicted molar refractivity (Wildman–Crippen MR) is 88.0 cm³/mol. The highest BCUT2D eigenvalue weighted by Crippen LogP contribution is 2.60. The monoisotopic (exact) mass is 577 g/mol. The van der Waals surface area contributed by atoms with Gasteiger partial charge in [-0.25, -0.2) is 0 Å². The van der Waals surface area contributed by atoms with E-state index in [2.05, 4.69) is 10.3 Å². The summed E-state index contributed by atoms with van der Waals surface area (Å²) in [6.45, 7) is -2.63. The molecular formula is C16H16F13N3O5. The van der Waals surface area contributed by atoms with Crippen molar-refractivity contribution in [3.63, 3.8) is 0 Å². The predicted octanol–water partition coefficient (Wildman–Crippen LogP) is 2.36. The number of hydrogen-bond acceptors (Lipinski definition) is 7. The molecule has 1 aliphatic heterocycles. The summed E-state index contributed by atoms with van der Waals surface area (Å²) in [5.41, 5.74) is -0.312. The van der Waals surface area contributed by atoms with Crippen molar-refractivity contribution in [2.45, 2.75) is 80.0 Å². The smallest absolute Gasteiger partial charge is 0.388 e. The summed E-state index contributed by atoms with van der Waals surface area (Å²) in [7, 11) is 0. The van der Waals surface area contributed by atoms with Crippen LogP contribution in [-0.2, 0) is 22.6 Å². The molecule has 4 atom stereocenters. The minimum Gasteiger partial charge on any atom is -0.388 e. The standard InChI is InChI=1S/C16H16F13N3O5/c17-11(18,12(19,20)13(21,22)14(23,24)15(25,26)16(27,28)29)1-2-32-3-6(30-31-32)4-36-10-9(35)8(34)7(33)5-37-10/h3,7-10,33-35H,1-2,4-5H2/t7-,8+,9-,10-/m1/s1. The normalized spacial score (nSPS) is 25.0. The van der Waals surface area contributed by atoms with Crippen LogP contribution in [0.25, 0.3) is 0 Å². The molecule has 0 aliphatic carbocycles. The Bertz CT molecular complexity index is 926. The van der Waals surface area contributed by atoms with E-state index in [1.165, 1.54) is 0 Å². The average Bonchev–Trinajstić information content (AvgIpc) is 3.22. The lowest BCUT2D eigenvalue weighted by Gasteiger charge is -2.39. The van der Waals surface area contributed by atoms with Gasteiger partial charge in [0.15, 0.2) is 6.29 Å². The van der Waals surface area contributed by atoms with Gasteiger partial charge in [-0.15, -0.1) is 5.10 Å². The molecule has 21 heteroatoms. The van der Waals surface area contributed by atoms with Gasteiger partial charge in [0.1, 0.15) is 24.0 Å². The molecule has 216 valence electrons. The Morgan fingerprint density at radius 1 is 0.838 bits per heavy atom. The SMILES string of the molecule is O[C@@H]1[C@@H](O)[C@H](OCc2cn(CCC(F)(F)C(F)(F)C(F)(F)C(F)(F)C(F)(F)C(F)(F)F)nn2)OC[C@H]1O. The molecule has 0 saturated carbocycles. The van der Waals surface area contributed by atoms with Gasteiger partial charge in [-0.1, -0.05) is 5.21 Å². The molecule has 1 saturated heterocycles. The summed E-state index contributed by atoms with van der Waals surface area (Å²) in [5, 5.41) is 34.9. The molecule has 0 aromatic carbocycles. The van der Waals surface area contributed by atoms with E-state index < -0.39 is 86.6 Å². The third kappa shape index (κ3) is 5.45. The highest BCUT2D eigenvalue weighted by atomic mass is 19.4. The molecule has 37 heavy (non-hydrogen) atoms. The zero-order valence-corrected chi connectivity index (χ0v) is 17.6. The number of rotatable bonds is 10. The third-order valence-corrected chi connectivity index (χ3v) is 5.09. The summed E-state index contributed by atoms with van der Waals surface area (Å²) in [6.07, 6.45) is -15.8. The van der Waals surface area contributed by atoms with Crippen molar-refractivity contribution >= 4 is 0 Å². The van der Waals surface area contributed by atoms with Crippen molar-refractivity contribution in [3.8, 4) is 0 Å². The summed E-state index contributed by atoms with van der Waals surface area (Å²) < 4.78 is 181. The topological polar surface area (TPSA) is 110 Å². The fourth-order valence-electron chi connectivity index (χ4n) is 2.82. The van der Waals surface area contributed by atoms with Gasteiger partial charge in [-0.2, -0.15) is 57.1 Å². The van der Waals surface area contributed by atoms with Crippen LogP contribution in [0.1, 0.15) is 12.1 Å². The summed E-state index contributed by atoms with van der Waals surface area (Å²) >= 11 is 0. The number of aryl methyl sites for hydroxylation is 1. The van der Waals surface area contributed by atoms with Gasteiger partial charge in [0, 0.05) is 13.0 Å². The van der Waals surface area contributed by atoms with Gasteiger partial charge in [0.05, 0.1) is 19.4 Å². The molecule has 0 bridgehead atoms. The van der Waals surface area contributed by atoms with Crippen LogP contribution in [0.3, 0.4) is 0 Å². The van der Waals surface area contributed by atoms with Crippen LogP contribution in [0.15, 0.2) is 6.20 Å². The van der Waals surface area contributed by atoms with Gasteiger partial charge in [-0.3, -0.25) is 4.68 Å². The molecule has 2 heterocycles. The van der Waals surface area contributed by atoms with Gasteiger partial charge in [0.2, 0.25) is 0 Å². The van der Waals surface area contributed by atoms with Crippen LogP contribution in [0.2, 0.25) is 0 Å². The van der Waals surface area contributed by atoms with E-state index in [0.717, 1.165) is 0 Å². The zero-order chi connectivity index (χ0) is 28.8. The Morgan fingerprint density at radius 2 is 1.38 bits per heavy atom. The first-order valence-electron chi connectivity index (χ1n) is 9.63. The molecular weight excluding hydrogens is 561 g/mol. The van der Waals surface area contributed by atoms with Crippen LogP contribution in [0.5, 0.6) is 0 Å². The van der Waals surface area contributed by atoms with Crippen molar-refractivity contribution in [2.24, 2.45) is 0 Å². The van der Waals surface area contributed by atoms with Crippen molar-refractivity contribution in [3.05, 3.63) is 11.9 Å². The van der Waals surface area contributed by atoms with Crippen LogP contribution in [-0.4, -0.2) is 97.3 Å². The lowest BCUT2D eigenvalue weighted by molar-refractivity contribution is -0.440. The Kier molecular flexibility index (Phi) is 8.42. The number of alkyl halides is 13. The van der Waals surface area contributed by atoms with E-state index in [4.69, 9.17) is 9.47 Å². The first kappa shape index (κ1) is 31.2. The van der Waals surface area contributed by atoms with Gasteiger partial charge in [-0.05, 0) is 0 Å². The van der Waals surface area contributed by atoms with Gasteiger partial charge in [0.25, 0.3) is 0 Å². The summed E-state index contributed by atoms with van der Waals surface area (Å²) in [6, 6.07) is 0. The lowest BCUT2D eigenvalue weighted by atomic mass is 9.92. The van der Waals surface area contributed by atoms with Crippen molar-refractivity contribution in [1.82, 2.24) is 15.0 Å². The average molecular weight is 577 g/mol. The van der Waals surface area contributed by atoms with E-state index in [1.807, 2.05) is 0 Å². The molecule has 8 nitrogen and oxygen atoms in total. The molecule has 1 fully saturated rings. The number of aliphatic hydroxyl groups excluding tert-OH is 3. The van der Waals surface area contributed by atoms with Crippen LogP contribution >= 0.6 is 0 Å². The zero-order valence-electron chi connectivity index (χ0n) is 17.6. The maximum absolute atomic E-state index is 13.8. The van der Waals surface area contributed by atoms with E-state index in [-0.39, 0.29) is 10.4 Å². The summed E-state index contributed by atoms with van der Waals surface area (Å²) in [4.78, 5) is 0. The highest BCUT2D eigenvalue weighted by molar-refractivity contribution is 5.10. The van der Waals surface area contributed by atoms with Crippen LogP contribution in [0, 0.1) is 0 Å². The third-order valence-electron chi connectivity index (χ3n) is 5.09. The van der Waals surface area contributed by atoms with Gasteiger partial charge < -0.3 is 24.8 Å². The van der Waals surface area contributed by atoms with Gasteiger partial charge >= 0.3 is 35.8 Å². The molecule has 1 aliphatic rings. The second-order valence-electron chi connectivity index (χ2n) is 7.78. The van der Waals surface area contributed by atoms with Crippen LogP contribution < -0.4 is 0 Å². The number of nitrogens with zero attached hydrogens (tertiary/aromatic N) is 3. The van der Waals surface area contributed by atoms with E-state index >= 15 is 0 Å². The van der Waals surface area contributed by atoms with Crippen molar-refractivity contribution < 1.29 is 81.9 Å². The van der Waals surface area contributed by atoms with E-state index in [1.54, 1.807) is 0 Å². The Morgan fingerprint density at radius 3 is 1.92 bits per heavy atom. The van der Waals surface area contributed by atoms with Crippen molar-refractivity contribution in [2.75, 3.05) is 6.61 Å². The maximum atomic E-state index is 13.8. The number of halogens is 13. The van der Waals surface area contributed by atoms with E-state index in [9.17, 15) is 72.4 Å². The lowest BCUT2D eigenvalue weighted by Crippen LogP contribution is -2.70. The van der Waals surface area contributed by atoms with Crippen LogP contribution in [0.4, 0.5) is 57.1 Å². The molecule has 0 amide bonds. The fourth-order valence-corrected chi connectivity index (χ4v) is 2.82. The number of aliphatic hydroxyl groups is 3. The van der Waals surface area contributed by atoms with Crippen molar-refractivity contribution in [1.29, 1.82) is 0 Å². The molecule has 0 unspecified atom stereocenters. The molecule has 2 rings (SSSR count). The highest BCUT2D eigenvalue weighted by Gasteiger charge is 2.90. The first-order chi connectivity index (χ1) is 16.5. The van der Waals surface area contributed by atoms with E-state index in [0.29, 0.717) is 6.20 Å². The number of aromatic nitrogens is 3. The molecule has 1 aromatic heterocycles. The summed E-state index contributed by atoms with van der Waals surface area (Å²) in [5.74, 6) is -37.3.